The fraction of sp³-hybridized carbons (Fsp3) is 0.351. The first-order valence-corrected chi connectivity index (χ1v) is 19.8. The molecule has 1 heterocycles. The first kappa shape index (κ1) is 40.7. The Bertz CT molecular complexity index is 1720. The zero-order valence-corrected chi connectivity index (χ0v) is 30.1. The minimum absolute atomic E-state index is 0.0839. The number of halogens is 2. The first-order valence-electron chi connectivity index (χ1n) is 16.1. The number of para-hydroxylation sites is 1. The number of likely N-dealkylation sites (tertiary alicyclic amines) is 1. The summed E-state index contributed by atoms with van der Waals surface area (Å²) in [5.74, 6) is 0.506. The number of nitrogens with zero attached hydrogens (tertiary/aromatic N) is 1. The van der Waals surface area contributed by atoms with Crippen LogP contribution in [-0.4, -0.2) is 69.6 Å². The molecule has 2 atom stereocenters. The van der Waals surface area contributed by atoms with Gasteiger partial charge in [0.15, 0.2) is 0 Å². The van der Waals surface area contributed by atoms with E-state index in [1.54, 1.807) is 7.11 Å². The molecule has 1 aliphatic rings. The van der Waals surface area contributed by atoms with Crippen LogP contribution in [0, 0.1) is 11.6 Å². The molecule has 0 bridgehead atoms. The molecule has 5 rings (SSSR count). The lowest BCUT2D eigenvalue weighted by Gasteiger charge is -2.42. The summed E-state index contributed by atoms with van der Waals surface area (Å²) < 4.78 is 84.7. The predicted molar refractivity (Wildman–Crippen MR) is 192 cm³/mol. The van der Waals surface area contributed by atoms with Crippen LogP contribution < -0.4 is 10.1 Å². The van der Waals surface area contributed by atoms with Crippen molar-refractivity contribution in [1.82, 2.24) is 10.2 Å². The third kappa shape index (κ3) is 15.0. The molecule has 1 saturated heterocycles. The Balaban J connectivity index is 0.000000595. The first-order chi connectivity index (χ1) is 23.6. The van der Waals surface area contributed by atoms with Crippen molar-refractivity contribution in [3.8, 4) is 5.75 Å². The maximum absolute atomic E-state index is 13.7. The molecule has 13 heteroatoms. The number of hydrogen-bond acceptors (Lipinski definition) is 7. The van der Waals surface area contributed by atoms with Crippen molar-refractivity contribution in [2.75, 3.05) is 32.7 Å². The van der Waals surface area contributed by atoms with E-state index in [0.717, 1.165) is 67.8 Å². The maximum atomic E-state index is 13.7. The van der Waals surface area contributed by atoms with Crippen molar-refractivity contribution in [2.45, 2.75) is 50.2 Å². The van der Waals surface area contributed by atoms with Crippen LogP contribution in [0.4, 0.5) is 8.78 Å². The van der Waals surface area contributed by atoms with Crippen molar-refractivity contribution < 1.29 is 39.5 Å². The van der Waals surface area contributed by atoms with Crippen LogP contribution in [0.1, 0.15) is 59.9 Å². The van der Waals surface area contributed by atoms with Gasteiger partial charge < -0.3 is 10.1 Å². The summed E-state index contributed by atoms with van der Waals surface area (Å²) in [5, 5.41) is 3.86. The van der Waals surface area contributed by atoms with Crippen LogP contribution in [-0.2, 0) is 26.8 Å². The highest BCUT2D eigenvalue weighted by Gasteiger charge is 2.32. The molecule has 0 unspecified atom stereocenters. The molecule has 3 N–H and O–H groups in total. The summed E-state index contributed by atoms with van der Waals surface area (Å²) in [6.07, 6.45) is 5.54. The van der Waals surface area contributed by atoms with E-state index < -0.39 is 20.2 Å². The highest BCUT2D eigenvalue weighted by molar-refractivity contribution is 7.85. The van der Waals surface area contributed by atoms with Gasteiger partial charge in [-0.3, -0.25) is 14.0 Å². The molecule has 0 aliphatic carbocycles. The van der Waals surface area contributed by atoms with Gasteiger partial charge in [0.1, 0.15) is 17.4 Å². The second kappa shape index (κ2) is 19.6. The van der Waals surface area contributed by atoms with Gasteiger partial charge in [-0.25, -0.2) is 8.78 Å². The number of rotatable bonds is 11. The fourth-order valence-electron chi connectivity index (χ4n) is 6.13. The van der Waals surface area contributed by atoms with Crippen molar-refractivity contribution in [2.24, 2.45) is 0 Å². The van der Waals surface area contributed by atoms with Gasteiger partial charge >= 0.3 is 0 Å². The molecule has 9 nitrogen and oxygen atoms in total. The van der Waals surface area contributed by atoms with E-state index in [1.165, 1.54) is 29.8 Å². The summed E-state index contributed by atoms with van der Waals surface area (Å²) in [7, 11) is -5.61. The molecule has 0 aromatic heterocycles. The molecule has 0 saturated carbocycles. The lowest BCUT2D eigenvalue weighted by Crippen LogP contribution is -2.48. The Morgan fingerprint density at radius 1 is 0.800 bits per heavy atom. The zero-order chi connectivity index (χ0) is 36.7. The molecule has 4 aromatic rings. The number of ether oxygens (including phenoxy) is 1. The maximum Gasteiger partial charge on any atom is 0.261 e. The SMILES string of the molecule is COc1ccccc1CN[C@H]1CCCN(CCCC(c2ccc(F)cc2)c2ccc(F)cc2)[C@H]1c1ccccc1.CS(=O)(=O)O.CS(=O)(=O)O. The van der Waals surface area contributed by atoms with Crippen LogP contribution in [0.25, 0.3) is 0 Å². The lowest BCUT2D eigenvalue weighted by molar-refractivity contribution is 0.108. The molecule has 4 aromatic carbocycles. The van der Waals surface area contributed by atoms with E-state index in [-0.39, 0.29) is 23.6 Å². The summed E-state index contributed by atoms with van der Waals surface area (Å²) >= 11 is 0. The molecule has 1 fully saturated rings. The van der Waals surface area contributed by atoms with E-state index >= 15 is 0 Å². The van der Waals surface area contributed by atoms with Gasteiger partial charge in [0.05, 0.1) is 25.7 Å². The van der Waals surface area contributed by atoms with E-state index in [0.29, 0.717) is 18.6 Å². The average molecular weight is 733 g/mol. The van der Waals surface area contributed by atoms with Crippen LogP contribution in [0.5, 0.6) is 5.75 Å². The summed E-state index contributed by atoms with van der Waals surface area (Å²) in [4.78, 5) is 2.62. The van der Waals surface area contributed by atoms with Gasteiger partial charge in [0.25, 0.3) is 20.2 Å². The van der Waals surface area contributed by atoms with Gasteiger partial charge in [-0.05, 0) is 85.8 Å². The highest BCUT2D eigenvalue weighted by atomic mass is 32.2. The Morgan fingerprint density at radius 2 is 1.30 bits per heavy atom. The second-order valence-corrected chi connectivity index (χ2v) is 15.0. The van der Waals surface area contributed by atoms with E-state index in [9.17, 15) is 25.6 Å². The van der Waals surface area contributed by atoms with E-state index in [2.05, 4.69) is 52.7 Å². The van der Waals surface area contributed by atoms with Crippen molar-refractivity contribution in [3.05, 3.63) is 137 Å². The summed E-state index contributed by atoms with van der Waals surface area (Å²) in [5.41, 5.74) is 4.61. The molecule has 50 heavy (non-hydrogen) atoms. The third-order valence-corrected chi connectivity index (χ3v) is 8.11. The minimum atomic E-state index is -3.67. The normalized spacial score (nSPS) is 16.5. The standard InChI is InChI=1S/C35H38F2N2O.2CH4O3S/c1-40-34-14-6-5-11-29(34)25-38-33-13-8-24-39(35(33)28-9-3-2-4-10-28)23-7-12-32(26-15-19-30(36)20-16-26)27-17-21-31(37)22-18-27;2*1-5(2,3)4/h2-6,9-11,14-22,32-33,35,38H,7-8,12-13,23-25H2,1H3;2*1H3,(H,2,3,4)/t33-,35-;;/m0../s1. The van der Waals surface area contributed by atoms with Crippen molar-refractivity contribution >= 4 is 20.2 Å². The van der Waals surface area contributed by atoms with Gasteiger partial charge in [-0.15, -0.1) is 0 Å². The lowest BCUT2D eigenvalue weighted by atomic mass is 9.86. The van der Waals surface area contributed by atoms with Gasteiger partial charge in [0, 0.05) is 24.1 Å². The largest absolute Gasteiger partial charge is 0.496 e. The quantitative estimate of drug-likeness (QED) is 0.141. The van der Waals surface area contributed by atoms with Gasteiger partial charge in [0.2, 0.25) is 0 Å². The smallest absolute Gasteiger partial charge is 0.261 e. The molecule has 0 spiro atoms. The average Bonchev–Trinajstić information content (AvgIpc) is 3.06. The number of piperidine rings is 1. The number of methoxy groups -OCH3 is 1. The summed E-state index contributed by atoms with van der Waals surface area (Å²) in [6, 6.07) is 33.0. The highest BCUT2D eigenvalue weighted by Crippen LogP contribution is 2.34. The van der Waals surface area contributed by atoms with Gasteiger partial charge in [-0.2, -0.15) is 16.8 Å². The Hall–Kier alpha value is -3.72. The molecule has 0 amide bonds. The van der Waals surface area contributed by atoms with Crippen LogP contribution in [0.15, 0.2) is 103 Å². The van der Waals surface area contributed by atoms with E-state index in [1.807, 2.05) is 36.4 Å². The number of hydrogen-bond donors (Lipinski definition) is 3. The minimum Gasteiger partial charge on any atom is -0.496 e. The molecule has 0 radical (unpaired) electrons. The van der Waals surface area contributed by atoms with Crippen LogP contribution in [0.3, 0.4) is 0 Å². The Labute approximate surface area is 294 Å². The second-order valence-electron chi connectivity index (χ2n) is 12.1. The number of benzene rings is 4. The van der Waals surface area contributed by atoms with Crippen molar-refractivity contribution in [3.63, 3.8) is 0 Å². The fourth-order valence-corrected chi connectivity index (χ4v) is 6.13. The molecular formula is C37H46F2N2O7S2. The molecule has 272 valence electrons. The predicted octanol–water partition coefficient (Wildman–Crippen LogP) is 6.89. The van der Waals surface area contributed by atoms with Crippen molar-refractivity contribution in [1.29, 1.82) is 0 Å². The molecule has 1 aliphatic heterocycles. The topological polar surface area (TPSA) is 133 Å². The van der Waals surface area contributed by atoms with E-state index in [4.69, 9.17) is 13.8 Å². The Morgan fingerprint density at radius 3 is 1.82 bits per heavy atom. The zero-order valence-electron chi connectivity index (χ0n) is 28.5. The van der Waals surface area contributed by atoms with Crippen LogP contribution in [0.2, 0.25) is 0 Å². The van der Waals surface area contributed by atoms with Gasteiger partial charge in [-0.1, -0.05) is 72.8 Å². The Kier molecular flexibility index (Phi) is 16.0. The monoisotopic (exact) mass is 732 g/mol. The number of nitrogens with one attached hydrogen (secondary N) is 1. The van der Waals surface area contributed by atoms with Crippen LogP contribution >= 0.6 is 0 Å². The third-order valence-electron chi connectivity index (χ3n) is 8.11. The molecular weight excluding hydrogens is 687 g/mol. The summed E-state index contributed by atoms with van der Waals surface area (Å²) in [6.45, 7) is 2.75.